The summed E-state index contributed by atoms with van der Waals surface area (Å²) >= 11 is 1.55. The molecule has 1 amide bonds. The number of benzene rings is 2. The van der Waals surface area contributed by atoms with E-state index in [0.29, 0.717) is 12.5 Å². The molecule has 5 nitrogen and oxygen atoms in total. The van der Waals surface area contributed by atoms with Crippen molar-refractivity contribution in [3.8, 4) is 22.1 Å². The van der Waals surface area contributed by atoms with E-state index in [1.165, 1.54) is 0 Å². The first kappa shape index (κ1) is 21.8. The molecule has 0 aliphatic heterocycles. The predicted molar refractivity (Wildman–Crippen MR) is 121 cm³/mol. The van der Waals surface area contributed by atoms with Gasteiger partial charge in [0.05, 0.1) is 19.3 Å². The highest BCUT2D eigenvalue weighted by atomic mass is 32.1. The molecule has 0 radical (unpaired) electrons. The van der Waals surface area contributed by atoms with Crippen molar-refractivity contribution >= 4 is 17.2 Å². The number of nitrogens with zero attached hydrogens (tertiary/aromatic N) is 1. The Morgan fingerprint density at radius 2 is 1.87 bits per heavy atom. The van der Waals surface area contributed by atoms with Gasteiger partial charge in [-0.05, 0) is 61.2 Å². The van der Waals surface area contributed by atoms with E-state index in [2.05, 4.69) is 36.3 Å². The summed E-state index contributed by atoms with van der Waals surface area (Å²) in [5, 5.41) is 5.80. The Hall–Kier alpha value is -2.86. The van der Waals surface area contributed by atoms with Crippen LogP contribution in [0.3, 0.4) is 0 Å². The van der Waals surface area contributed by atoms with Crippen LogP contribution in [0.1, 0.15) is 43.5 Å². The van der Waals surface area contributed by atoms with Crippen LogP contribution in [0, 0.1) is 6.92 Å². The van der Waals surface area contributed by atoms with Crippen LogP contribution < -0.4 is 14.8 Å². The summed E-state index contributed by atoms with van der Waals surface area (Å²) in [6.07, 6.45) is -0.594. The van der Waals surface area contributed by atoms with Gasteiger partial charge in [0, 0.05) is 10.9 Å². The number of rotatable bonds is 8. The van der Waals surface area contributed by atoms with Crippen molar-refractivity contribution < 1.29 is 14.3 Å². The highest BCUT2D eigenvalue weighted by Gasteiger charge is 2.18. The second kappa shape index (κ2) is 9.76. The number of aromatic nitrogens is 1. The predicted octanol–water partition coefficient (Wildman–Crippen LogP) is 5.33. The number of aryl methyl sites for hydroxylation is 1. The minimum absolute atomic E-state index is 0.162. The van der Waals surface area contributed by atoms with Gasteiger partial charge in [0.15, 0.2) is 6.10 Å². The molecule has 2 aromatic carbocycles. The van der Waals surface area contributed by atoms with Crippen molar-refractivity contribution in [3.05, 3.63) is 64.7 Å². The molecule has 1 heterocycles. The van der Waals surface area contributed by atoms with E-state index >= 15 is 0 Å². The van der Waals surface area contributed by atoms with Crippen LogP contribution in [0.5, 0.6) is 11.5 Å². The minimum Gasteiger partial charge on any atom is -0.497 e. The fraction of sp³-hybridized carbons (Fsp3) is 0.333. The van der Waals surface area contributed by atoms with Gasteiger partial charge in [-0.25, -0.2) is 4.98 Å². The van der Waals surface area contributed by atoms with E-state index in [0.717, 1.165) is 38.9 Å². The molecule has 0 bridgehead atoms. The molecule has 0 aliphatic rings. The van der Waals surface area contributed by atoms with Crippen LogP contribution in [0.25, 0.3) is 10.6 Å². The highest BCUT2D eigenvalue weighted by molar-refractivity contribution is 7.13. The van der Waals surface area contributed by atoms with Crippen LogP contribution in [0.15, 0.2) is 47.8 Å². The molecular formula is C24H28N2O3S. The number of hydrogen-bond acceptors (Lipinski definition) is 5. The average Bonchev–Trinajstić information content (AvgIpc) is 3.21. The summed E-state index contributed by atoms with van der Waals surface area (Å²) in [4.78, 5) is 17.2. The Balaban J connectivity index is 1.59. The monoisotopic (exact) mass is 424 g/mol. The molecule has 30 heavy (non-hydrogen) atoms. The first-order valence-corrected chi connectivity index (χ1v) is 10.9. The van der Waals surface area contributed by atoms with Gasteiger partial charge in [-0.2, -0.15) is 0 Å². The molecule has 0 saturated heterocycles. The van der Waals surface area contributed by atoms with Gasteiger partial charge in [-0.15, -0.1) is 11.3 Å². The maximum absolute atomic E-state index is 12.6. The summed E-state index contributed by atoms with van der Waals surface area (Å²) in [6, 6.07) is 13.9. The lowest BCUT2D eigenvalue weighted by atomic mass is 10.0. The van der Waals surface area contributed by atoms with E-state index in [1.54, 1.807) is 25.4 Å². The number of thiazole rings is 1. The van der Waals surface area contributed by atoms with Gasteiger partial charge in [-0.3, -0.25) is 4.79 Å². The van der Waals surface area contributed by atoms with E-state index < -0.39 is 6.10 Å². The smallest absolute Gasteiger partial charge is 0.261 e. The van der Waals surface area contributed by atoms with E-state index in [9.17, 15) is 4.79 Å². The molecule has 0 unspecified atom stereocenters. The molecule has 0 aliphatic carbocycles. The summed E-state index contributed by atoms with van der Waals surface area (Å²) in [5.41, 5.74) is 4.06. The Bertz CT molecular complexity index is 996. The number of ether oxygens (including phenoxy) is 2. The third kappa shape index (κ3) is 5.39. The number of hydrogen-bond donors (Lipinski definition) is 1. The van der Waals surface area contributed by atoms with E-state index in [-0.39, 0.29) is 5.91 Å². The first-order chi connectivity index (χ1) is 14.4. The third-order valence-corrected chi connectivity index (χ3v) is 5.74. The maximum Gasteiger partial charge on any atom is 0.261 e. The lowest BCUT2D eigenvalue weighted by molar-refractivity contribution is -0.127. The molecule has 6 heteroatoms. The Morgan fingerprint density at radius 1 is 1.13 bits per heavy atom. The van der Waals surface area contributed by atoms with Gasteiger partial charge < -0.3 is 14.8 Å². The van der Waals surface area contributed by atoms with Crippen LogP contribution in [0.2, 0.25) is 0 Å². The average molecular weight is 425 g/mol. The van der Waals surface area contributed by atoms with Gasteiger partial charge in [-0.1, -0.05) is 26.0 Å². The van der Waals surface area contributed by atoms with Crippen LogP contribution >= 0.6 is 11.3 Å². The van der Waals surface area contributed by atoms with Crippen molar-refractivity contribution in [3.63, 3.8) is 0 Å². The van der Waals surface area contributed by atoms with Gasteiger partial charge in [0.25, 0.3) is 5.91 Å². The third-order valence-electron chi connectivity index (χ3n) is 4.80. The Labute approximate surface area is 182 Å². The molecule has 3 aromatic rings. The van der Waals surface area contributed by atoms with E-state index in [1.807, 2.05) is 42.6 Å². The summed E-state index contributed by atoms with van der Waals surface area (Å²) in [6.45, 7) is 8.38. The maximum atomic E-state index is 12.6. The van der Waals surface area contributed by atoms with Gasteiger partial charge in [0.1, 0.15) is 16.5 Å². The number of amides is 1. The number of carbonyl (C=O) groups excluding carboxylic acids is 1. The number of methoxy groups -OCH3 is 1. The van der Waals surface area contributed by atoms with E-state index in [4.69, 9.17) is 9.47 Å². The normalized spacial score (nSPS) is 11.9. The standard InChI is InChI=1S/C24H28N2O3S/c1-15(2)21-11-6-16(3)12-22(21)29-17(4)23(27)25-13-19-14-30-24(26-19)18-7-9-20(28-5)10-8-18/h6-12,14-15,17H,13H2,1-5H3,(H,25,27)/t17-/m1/s1. The molecular weight excluding hydrogens is 396 g/mol. The molecule has 1 atom stereocenters. The van der Waals surface area contributed by atoms with Crippen molar-refractivity contribution in [2.75, 3.05) is 7.11 Å². The molecule has 1 N–H and O–H groups in total. The highest BCUT2D eigenvalue weighted by Crippen LogP contribution is 2.28. The van der Waals surface area contributed by atoms with Crippen LogP contribution in [-0.4, -0.2) is 24.1 Å². The lowest BCUT2D eigenvalue weighted by Gasteiger charge is -2.19. The Kier molecular flexibility index (Phi) is 7.11. The largest absolute Gasteiger partial charge is 0.497 e. The summed E-state index contributed by atoms with van der Waals surface area (Å²) < 4.78 is 11.2. The first-order valence-electron chi connectivity index (χ1n) is 10.0. The zero-order valence-corrected chi connectivity index (χ0v) is 18.9. The molecule has 158 valence electrons. The van der Waals surface area contributed by atoms with Crippen molar-refractivity contribution in [2.24, 2.45) is 0 Å². The summed E-state index contributed by atoms with van der Waals surface area (Å²) in [7, 11) is 1.65. The van der Waals surface area contributed by atoms with Crippen molar-refractivity contribution in [1.82, 2.24) is 10.3 Å². The second-order valence-electron chi connectivity index (χ2n) is 7.55. The number of carbonyl (C=O) groups is 1. The minimum atomic E-state index is -0.594. The summed E-state index contributed by atoms with van der Waals surface area (Å²) in [5.74, 6) is 1.74. The molecule has 1 aromatic heterocycles. The van der Waals surface area contributed by atoms with Crippen LogP contribution in [0.4, 0.5) is 0 Å². The Morgan fingerprint density at radius 3 is 2.53 bits per heavy atom. The fourth-order valence-electron chi connectivity index (χ4n) is 3.04. The fourth-order valence-corrected chi connectivity index (χ4v) is 3.87. The SMILES string of the molecule is COc1ccc(-c2nc(CNC(=O)[C@@H](C)Oc3cc(C)ccc3C(C)C)cs2)cc1. The zero-order chi connectivity index (χ0) is 21.7. The van der Waals surface area contributed by atoms with Crippen molar-refractivity contribution in [1.29, 1.82) is 0 Å². The van der Waals surface area contributed by atoms with Crippen molar-refractivity contribution in [2.45, 2.75) is 46.3 Å². The lowest BCUT2D eigenvalue weighted by Crippen LogP contribution is -2.36. The van der Waals surface area contributed by atoms with Gasteiger partial charge in [0.2, 0.25) is 0 Å². The zero-order valence-electron chi connectivity index (χ0n) is 18.1. The molecule has 3 rings (SSSR count). The molecule has 0 saturated carbocycles. The topological polar surface area (TPSA) is 60.5 Å². The van der Waals surface area contributed by atoms with Crippen LogP contribution in [-0.2, 0) is 11.3 Å². The second-order valence-corrected chi connectivity index (χ2v) is 8.40. The molecule has 0 spiro atoms. The quantitative estimate of drug-likeness (QED) is 0.531. The van der Waals surface area contributed by atoms with Gasteiger partial charge >= 0.3 is 0 Å². The number of nitrogens with one attached hydrogen (secondary N) is 1. The molecule has 0 fully saturated rings.